The zero-order valence-corrected chi connectivity index (χ0v) is 27.4. The Morgan fingerprint density at radius 1 is 0.548 bits per heavy atom. The van der Waals surface area contributed by atoms with Gasteiger partial charge in [0, 0.05) is 18.8 Å². The summed E-state index contributed by atoms with van der Waals surface area (Å²) in [6.07, 6.45) is 0. The van der Waals surface area contributed by atoms with Crippen molar-refractivity contribution in [3.8, 4) is 39.9 Å². The van der Waals surface area contributed by atoms with Crippen LogP contribution in [0.25, 0.3) is 11.1 Å². The summed E-state index contributed by atoms with van der Waals surface area (Å²) in [5.41, 5.74) is 4.05. The van der Waals surface area contributed by atoms with E-state index in [2.05, 4.69) is 59.7 Å². The fourth-order valence-corrected chi connectivity index (χ4v) is 8.07. The lowest BCUT2D eigenvalue weighted by molar-refractivity contribution is 0.399. The molecule has 42 heavy (non-hydrogen) atoms. The average molecular weight is 587 g/mol. The molecule has 4 rings (SSSR count). The second-order valence-corrected chi connectivity index (χ2v) is 14.3. The summed E-state index contributed by atoms with van der Waals surface area (Å²) in [7, 11) is 5.09. The molecule has 0 bridgehead atoms. The van der Waals surface area contributed by atoms with Crippen LogP contribution in [-0.4, -0.2) is 33.5 Å². The maximum Gasteiger partial charge on any atom is 0.131 e. The number of hydrogen-bond donors (Lipinski definition) is 1. The van der Waals surface area contributed by atoms with Crippen molar-refractivity contribution in [1.82, 2.24) is 0 Å². The van der Waals surface area contributed by atoms with E-state index in [4.69, 9.17) is 18.9 Å². The van der Waals surface area contributed by atoms with Gasteiger partial charge in [-0.3, -0.25) is 0 Å². The Bertz CT molecular complexity index is 1460. The molecule has 0 saturated carbocycles. The number of methoxy groups -OCH3 is 4. The number of ether oxygens (including phenoxy) is 4. The summed E-state index contributed by atoms with van der Waals surface area (Å²) >= 11 is 0. The minimum absolute atomic E-state index is 0.00240. The van der Waals surface area contributed by atoms with Crippen molar-refractivity contribution >= 4 is 23.8 Å². The van der Waals surface area contributed by atoms with Gasteiger partial charge in [-0.15, -0.1) is 0 Å². The number of benzene rings is 4. The monoisotopic (exact) mass is 586 g/mol. The van der Waals surface area contributed by atoms with Gasteiger partial charge in [0.2, 0.25) is 0 Å². The van der Waals surface area contributed by atoms with Crippen LogP contribution >= 0.6 is 7.92 Å². The zero-order valence-electron chi connectivity index (χ0n) is 26.5. The predicted molar refractivity (Wildman–Crippen MR) is 176 cm³/mol. The van der Waals surface area contributed by atoms with Crippen LogP contribution in [0.1, 0.15) is 52.7 Å². The highest BCUT2D eigenvalue weighted by atomic mass is 31.1. The molecule has 0 unspecified atom stereocenters. The molecule has 0 radical (unpaired) electrons. The molecule has 4 aromatic carbocycles. The Hall–Kier alpha value is -3.69. The van der Waals surface area contributed by atoms with E-state index < -0.39 is 7.92 Å². The van der Waals surface area contributed by atoms with Gasteiger partial charge < -0.3 is 24.1 Å². The maximum absolute atomic E-state index is 12.3. The van der Waals surface area contributed by atoms with E-state index >= 15 is 0 Å². The van der Waals surface area contributed by atoms with Crippen molar-refractivity contribution in [3.63, 3.8) is 0 Å². The van der Waals surface area contributed by atoms with Gasteiger partial charge in [0.25, 0.3) is 0 Å². The fourth-order valence-electron chi connectivity index (χ4n) is 5.25. The van der Waals surface area contributed by atoms with E-state index in [0.29, 0.717) is 23.0 Å². The summed E-state index contributed by atoms with van der Waals surface area (Å²) < 4.78 is 23.6. The smallest absolute Gasteiger partial charge is 0.131 e. The quantitative estimate of drug-likeness (QED) is 0.218. The molecule has 4 aromatic rings. The predicted octanol–water partition coefficient (Wildman–Crippen LogP) is 7.45. The summed E-state index contributed by atoms with van der Waals surface area (Å²) in [4.78, 5) is 0. The Balaban J connectivity index is 2.11. The molecule has 0 heterocycles. The second-order valence-electron chi connectivity index (χ2n) is 12.3. The Labute approximate surface area is 252 Å². The lowest BCUT2D eigenvalue weighted by Crippen LogP contribution is -2.26. The summed E-state index contributed by atoms with van der Waals surface area (Å²) in [5, 5.41) is 14.7. The summed E-state index contributed by atoms with van der Waals surface area (Å²) in [6.45, 7) is 13.3. The molecule has 0 atom stereocenters. The van der Waals surface area contributed by atoms with Gasteiger partial charge in [-0.1, -0.05) is 90.1 Å². The van der Waals surface area contributed by atoms with Crippen molar-refractivity contribution in [2.75, 3.05) is 28.4 Å². The molecule has 0 aliphatic rings. The van der Waals surface area contributed by atoms with Gasteiger partial charge in [-0.2, -0.15) is 0 Å². The first kappa shape index (κ1) is 31.3. The number of phenols is 1. The Morgan fingerprint density at radius 2 is 1.00 bits per heavy atom. The number of para-hydroxylation sites is 1. The average Bonchev–Trinajstić information content (AvgIpc) is 2.96. The molecule has 0 aromatic heterocycles. The minimum Gasteiger partial charge on any atom is -0.507 e. The van der Waals surface area contributed by atoms with Crippen LogP contribution < -0.4 is 34.9 Å². The van der Waals surface area contributed by atoms with Crippen molar-refractivity contribution in [1.29, 1.82) is 0 Å². The lowest BCUT2D eigenvalue weighted by Gasteiger charge is -2.29. The molecule has 6 heteroatoms. The normalized spacial score (nSPS) is 11.9. The second kappa shape index (κ2) is 12.3. The van der Waals surface area contributed by atoms with Crippen molar-refractivity contribution in [3.05, 3.63) is 83.9 Å². The Kier molecular flexibility index (Phi) is 9.13. The first-order valence-electron chi connectivity index (χ1n) is 14.1. The summed E-state index contributed by atoms with van der Waals surface area (Å²) in [5.74, 6) is 2.83. The van der Waals surface area contributed by atoms with Gasteiger partial charge >= 0.3 is 0 Å². The molecule has 0 saturated heterocycles. The third-order valence-corrected chi connectivity index (χ3v) is 10.1. The molecule has 1 N–H and O–H groups in total. The highest BCUT2D eigenvalue weighted by molar-refractivity contribution is 7.80. The third kappa shape index (κ3) is 5.94. The highest BCUT2D eigenvalue weighted by Crippen LogP contribution is 2.49. The topological polar surface area (TPSA) is 57.2 Å². The summed E-state index contributed by atoms with van der Waals surface area (Å²) in [6, 6.07) is 24.0. The van der Waals surface area contributed by atoms with Gasteiger partial charge in [0.1, 0.15) is 28.7 Å². The van der Waals surface area contributed by atoms with E-state index in [0.717, 1.165) is 27.0 Å². The van der Waals surface area contributed by atoms with Crippen LogP contribution in [0.2, 0.25) is 0 Å². The highest BCUT2D eigenvalue weighted by Gasteiger charge is 2.33. The molecule has 0 spiro atoms. The minimum atomic E-state index is -1.49. The zero-order chi connectivity index (χ0) is 30.8. The largest absolute Gasteiger partial charge is 0.507 e. The van der Waals surface area contributed by atoms with Gasteiger partial charge in [0.15, 0.2) is 0 Å². The molecule has 0 aliphatic heterocycles. The maximum atomic E-state index is 12.3. The van der Waals surface area contributed by atoms with Crippen molar-refractivity contribution in [2.45, 2.75) is 52.4 Å². The molecular weight excluding hydrogens is 543 g/mol. The van der Waals surface area contributed by atoms with Crippen LogP contribution in [0.3, 0.4) is 0 Å². The van der Waals surface area contributed by atoms with Crippen molar-refractivity contribution < 1.29 is 24.1 Å². The van der Waals surface area contributed by atoms with E-state index in [9.17, 15) is 5.11 Å². The third-order valence-electron chi connectivity index (χ3n) is 7.49. The molecule has 0 fully saturated rings. The van der Waals surface area contributed by atoms with Crippen molar-refractivity contribution in [2.24, 2.45) is 0 Å². The molecular formula is C36H43O5P. The lowest BCUT2D eigenvalue weighted by atomic mass is 9.77. The first-order chi connectivity index (χ1) is 19.9. The van der Waals surface area contributed by atoms with Gasteiger partial charge in [-0.25, -0.2) is 0 Å². The number of rotatable bonds is 8. The van der Waals surface area contributed by atoms with Gasteiger partial charge in [-0.05, 0) is 51.8 Å². The Morgan fingerprint density at radius 3 is 1.40 bits per heavy atom. The number of phenolic OH excluding ortho intramolecular Hbond substituents is 1. The number of hydrogen-bond acceptors (Lipinski definition) is 5. The molecule has 222 valence electrons. The molecule has 0 aliphatic carbocycles. The standard InChI is InChI=1S/C36H43O5P/c1-35(2,3)23-20-21-24(26(22-23)36(4,5)6)25-14-11-19-31(32(25)37)42(33-27(38-7)15-12-16-28(33)39-8)34-29(40-9)17-13-18-30(34)41-10/h11-22,37H,1-10H3. The van der Waals surface area contributed by atoms with Crippen LogP contribution in [0.15, 0.2) is 72.8 Å². The van der Waals surface area contributed by atoms with Crippen LogP contribution in [0.4, 0.5) is 0 Å². The first-order valence-corrected chi connectivity index (χ1v) is 15.4. The van der Waals surface area contributed by atoms with Crippen LogP contribution in [0, 0.1) is 0 Å². The van der Waals surface area contributed by atoms with Crippen LogP contribution in [0.5, 0.6) is 28.7 Å². The molecule has 0 amide bonds. The number of aromatic hydroxyl groups is 1. The van der Waals surface area contributed by atoms with Gasteiger partial charge in [0.05, 0.1) is 39.0 Å². The SMILES string of the molecule is COc1cccc(OC)c1P(c1cccc(-c2ccc(C(C)(C)C)cc2C(C)(C)C)c1O)c1c(OC)cccc1OC. The van der Waals surface area contributed by atoms with Crippen LogP contribution in [-0.2, 0) is 10.8 Å². The van der Waals surface area contributed by atoms with E-state index in [1.807, 2.05) is 54.6 Å². The van der Waals surface area contributed by atoms with E-state index in [-0.39, 0.29) is 16.6 Å². The van der Waals surface area contributed by atoms with E-state index in [1.54, 1.807) is 28.4 Å². The molecule has 5 nitrogen and oxygen atoms in total. The fraction of sp³-hybridized carbons (Fsp3) is 0.333. The van der Waals surface area contributed by atoms with E-state index in [1.165, 1.54) is 11.1 Å².